The number of nitrogens with zero attached hydrogens (tertiary/aromatic N) is 1. The number of imide groups is 2. The predicted octanol–water partition coefficient (Wildman–Crippen LogP) is 0.385. The highest BCUT2D eigenvalue weighted by Gasteiger charge is 2.42. The maximum absolute atomic E-state index is 12.4. The van der Waals surface area contributed by atoms with Gasteiger partial charge in [0.1, 0.15) is 0 Å². The minimum atomic E-state index is -0.754. The Hall–Kier alpha value is -2.76. The zero-order valence-corrected chi connectivity index (χ0v) is 11.3. The van der Waals surface area contributed by atoms with Gasteiger partial charge in [-0.1, -0.05) is 31.4 Å². The summed E-state index contributed by atoms with van der Waals surface area (Å²) in [7, 11) is 0. The van der Waals surface area contributed by atoms with Gasteiger partial charge in [0.05, 0.1) is 17.2 Å². The minimum Gasteiger partial charge on any atom is -0.296 e. The second-order valence-electron chi connectivity index (χ2n) is 4.64. The van der Waals surface area contributed by atoms with Crippen LogP contribution in [0.1, 0.15) is 12.8 Å². The highest BCUT2D eigenvalue weighted by Crippen LogP contribution is 2.27. The Labute approximate surface area is 121 Å². The molecule has 0 aliphatic carbocycles. The number of allylic oxidation sites excluding steroid dienone is 2. The van der Waals surface area contributed by atoms with E-state index in [0.717, 1.165) is 4.90 Å². The molecule has 21 heavy (non-hydrogen) atoms. The lowest BCUT2D eigenvalue weighted by atomic mass is 10.0. The molecule has 0 bridgehead atoms. The zero-order valence-electron chi connectivity index (χ0n) is 11.3. The van der Waals surface area contributed by atoms with Gasteiger partial charge < -0.3 is 0 Å². The van der Waals surface area contributed by atoms with Crippen molar-refractivity contribution in [3.63, 3.8) is 0 Å². The number of piperidine rings is 1. The van der Waals surface area contributed by atoms with Gasteiger partial charge in [-0.05, 0) is 6.08 Å². The van der Waals surface area contributed by atoms with Gasteiger partial charge in [0.2, 0.25) is 11.8 Å². The van der Waals surface area contributed by atoms with Crippen LogP contribution in [-0.4, -0.2) is 34.6 Å². The monoisotopic (exact) mass is 286 g/mol. The van der Waals surface area contributed by atoms with Crippen molar-refractivity contribution in [1.29, 1.82) is 0 Å². The Morgan fingerprint density at radius 2 is 1.57 bits per heavy atom. The Morgan fingerprint density at radius 3 is 2.10 bits per heavy atom. The Balaban J connectivity index is 2.34. The molecule has 6 heteroatoms. The van der Waals surface area contributed by atoms with E-state index in [1.807, 2.05) is 0 Å². The van der Waals surface area contributed by atoms with E-state index in [1.54, 1.807) is 0 Å². The first-order chi connectivity index (χ1) is 9.99. The summed E-state index contributed by atoms with van der Waals surface area (Å²) in [6, 6.07) is -0.754. The van der Waals surface area contributed by atoms with Gasteiger partial charge in [-0.3, -0.25) is 29.4 Å². The predicted molar refractivity (Wildman–Crippen MR) is 74.6 cm³/mol. The van der Waals surface area contributed by atoms with Crippen LogP contribution >= 0.6 is 0 Å². The van der Waals surface area contributed by atoms with Crippen LogP contribution in [0.15, 0.2) is 48.6 Å². The number of nitrogens with one attached hydrogen (secondary N) is 1. The SMILES string of the molecule is C=C/C=C\C1=C(C=C)C(=O)N(C2CC(=O)NC(=O)C2)C1=O. The Bertz CT molecular complexity index is 612. The normalized spacial score (nSPS) is 20.5. The topological polar surface area (TPSA) is 83.6 Å². The molecule has 2 aliphatic heterocycles. The molecule has 2 heterocycles. The molecule has 0 saturated carbocycles. The molecule has 6 nitrogen and oxygen atoms in total. The number of amides is 4. The summed E-state index contributed by atoms with van der Waals surface area (Å²) in [6.07, 6.45) is 5.62. The number of hydrogen-bond acceptors (Lipinski definition) is 4. The Kier molecular flexibility index (Phi) is 3.98. The van der Waals surface area contributed by atoms with Crippen LogP contribution < -0.4 is 5.32 Å². The molecule has 0 aromatic carbocycles. The molecule has 0 aromatic heterocycles. The summed E-state index contributed by atoms with van der Waals surface area (Å²) in [5.74, 6) is -2.05. The third-order valence-corrected chi connectivity index (χ3v) is 3.28. The van der Waals surface area contributed by atoms with Crippen LogP contribution in [0, 0.1) is 0 Å². The lowest BCUT2D eigenvalue weighted by Crippen LogP contribution is -2.50. The summed E-state index contributed by atoms with van der Waals surface area (Å²) >= 11 is 0. The summed E-state index contributed by atoms with van der Waals surface area (Å²) in [4.78, 5) is 48.5. The van der Waals surface area contributed by atoms with Gasteiger partial charge in [0.15, 0.2) is 0 Å². The van der Waals surface area contributed by atoms with E-state index in [-0.39, 0.29) is 24.0 Å². The van der Waals surface area contributed by atoms with Gasteiger partial charge in [-0.2, -0.15) is 0 Å². The fourth-order valence-corrected chi connectivity index (χ4v) is 2.38. The maximum atomic E-state index is 12.4. The molecule has 0 aromatic rings. The number of carbonyl (C=O) groups is 4. The molecule has 0 unspecified atom stereocenters. The fourth-order valence-electron chi connectivity index (χ4n) is 2.38. The Morgan fingerprint density at radius 1 is 1.00 bits per heavy atom. The van der Waals surface area contributed by atoms with E-state index < -0.39 is 29.7 Å². The molecule has 1 saturated heterocycles. The fraction of sp³-hybridized carbons (Fsp3) is 0.200. The van der Waals surface area contributed by atoms with E-state index in [4.69, 9.17) is 0 Å². The van der Waals surface area contributed by atoms with Crippen molar-refractivity contribution in [3.05, 3.63) is 48.6 Å². The molecule has 4 amide bonds. The van der Waals surface area contributed by atoms with Gasteiger partial charge in [0.25, 0.3) is 11.8 Å². The number of rotatable bonds is 4. The van der Waals surface area contributed by atoms with Crippen LogP contribution in [-0.2, 0) is 19.2 Å². The summed E-state index contributed by atoms with van der Waals surface area (Å²) in [6.45, 7) is 7.03. The molecule has 0 spiro atoms. The first-order valence-corrected chi connectivity index (χ1v) is 6.36. The van der Waals surface area contributed by atoms with Crippen LogP contribution in [0.4, 0.5) is 0 Å². The van der Waals surface area contributed by atoms with Crippen LogP contribution in [0.25, 0.3) is 0 Å². The third-order valence-electron chi connectivity index (χ3n) is 3.28. The quantitative estimate of drug-likeness (QED) is 0.598. The lowest BCUT2D eigenvalue weighted by Gasteiger charge is -2.28. The molecular weight excluding hydrogens is 272 g/mol. The van der Waals surface area contributed by atoms with Crippen molar-refractivity contribution in [2.24, 2.45) is 0 Å². The van der Waals surface area contributed by atoms with Crippen molar-refractivity contribution in [2.45, 2.75) is 18.9 Å². The highest BCUT2D eigenvalue weighted by atomic mass is 16.2. The lowest BCUT2D eigenvalue weighted by molar-refractivity contribution is -0.144. The largest absolute Gasteiger partial charge is 0.296 e. The molecule has 0 atom stereocenters. The summed E-state index contributed by atoms with van der Waals surface area (Å²) < 4.78 is 0. The summed E-state index contributed by atoms with van der Waals surface area (Å²) in [5.41, 5.74) is 0.352. The highest BCUT2D eigenvalue weighted by molar-refractivity contribution is 6.22. The average molecular weight is 286 g/mol. The molecule has 1 fully saturated rings. The molecule has 108 valence electrons. The van der Waals surface area contributed by atoms with Crippen LogP contribution in [0.5, 0.6) is 0 Å². The molecular formula is C15H14N2O4. The van der Waals surface area contributed by atoms with Gasteiger partial charge in [-0.15, -0.1) is 0 Å². The number of hydrogen-bond donors (Lipinski definition) is 1. The molecule has 1 N–H and O–H groups in total. The standard InChI is InChI=1S/C15H14N2O4/c1-3-5-6-11-10(4-2)14(20)17(15(11)21)9-7-12(18)16-13(19)8-9/h3-6,9H,1-2,7-8H2,(H,16,18,19)/b6-5-. The minimum absolute atomic E-state index is 0.0773. The second-order valence-corrected chi connectivity index (χ2v) is 4.64. The van der Waals surface area contributed by atoms with E-state index >= 15 is 0 Å². The zero-order chi connectivity index (χ0) is 15.6. The van der Waals surface area contributed by atoms with Crippen molar-refractivity contribution >= 4 is 23.6 Å². The first kappa shape index (κ1) is 14.6. The molecule has 2 aliphatic rings. The van der Waals surface area contributed by atoms with Crippen molar-refractivity contribution in [1.82, 2.24) is 10.2 Å². The van der Waals surface area contributed by atoms with E-state index in [9.17, 15) is 19.2 Å². The summed E-state index contributed by atoms with van der Waals surface area (Å²) in [5, 5.41) is 2.14. The van der Waals surface area contributed by atoms with Gasteiger partial charge >= 0.3 is 0 Å². The average Bonchev–Trinajstić information content (AvgIpc) is 2.65. The maximum Gasteiger partial charge on any atom is 0.261 e. The third kappa shape index (κ3) is 2.60. The number of carbonyl (C=O) groups excluding carboxylic acids is 4. The van der Waals surface area contributed by atoms with E-state index in [0.29, 0.717) is 0 Å². The first-order valence-electron chi connectivity index (χ1n) is 6.36. The van der Waals surface area contributed by atoms with Crippen molar-refractivity contribution in [3.8, 4) is 0 Å². The van der Waals surface area contributed by atoms with E-state index in [1.165, 1.54) is 24.3 Å². The van der Waals surface area contributed by atoms with E-state index in [2.05, 4.69) is 18.5 Å². The molecule has 2 rings (SSSR count). The van der Waals surface area contributed by atoms with Gasteiger partial charge in [-0.25, -0.2) is 0 Å². The molecule has 0 radical (unpaired) electrons. The van der Waals surface area contributed by atoms with Gasteiger partial charge in [0, 0.05) is 12.8 Å². The second kappa shape index (κ2) is 5.70. The van der Waals surface area contributed by atoms with Crippen molar-refractivity contribution in [2.75, 3.05) is 0 Å². The van der Waals surface area contributed by atoms with Crippen LogP contribution in [0.2, 0.25) is 0 Å². The van der Waals surface area contributed by atoms with Crippen molar-refractivity contribution < 1.29 is 19.2 Å². The smallest absolute Gasteiger partial charge is 0.261 e. The van der Waals surface area contributed by atoms with Crippen LogP contribution in [0.3, 0.4) is 0 Å².